The van der Waals surface area contributed by atoms with Gasteiger partial charge in [0.15, 0.2) is 0 Å². The molecule has 4 aromatic rings. The molecule has 0 atom stereocenters. The zero-order chi connectivity index (χ0) is 22.6. The van der Waals surface area contributed by atoms with Crippen LogP contribution in [0.4, 0.5) is 8.78 Å². The maximum absolute atomic E-state index is 14.4. The van der Waals surface area contributed by atoms with E-state index in [2.05, 4.69) is 20.3 Å². The summed E-state index contributed by atoms with van der Waals surface area (Å²) in [7, 11) is 0. The molecule has 0 unspecified atom stereocenters. The molecule has 0 spiro atoms. The second-order valence-electron chi connectivity index (χ2n) is 8.64. The molecule has 3 aliphatic rings. The Hall–Kier alpha value is -3.59. The van der Waals surface area contributed by atoms with Crippen molar-refractivity contribution >= 4 is 0 Å². The third-order valence-electron chi connectivity index (χ3n) is 6.92. The molecule has 3 heterocycles. The first kappa shape index (κ1) is 20.0. The lowest BCUT2D eigenvalue weighted by Gasteiger charge is -2.46. The largest absolute Gasteiger partial charge is 0.390 e. The Morgan fingerprint density at radius 2 is 1.85 bits per heavy atom. The first-order valence-corrected chi connectivity index (χ1v) is 10.9. The van der Waals surface area contributed by atoms with Crippen molar-refractivity contribution in [3.63, 3.8) is 0 Å². The van der Waals surface area contributed by atoms with E-state index in [0.717, 1.165) is 42.6 Å². The van der Waals surface area contributed by atoms with E-state index in [1.165, 1.54) is 22.9 Å². The lowest BCUT2D eigenvalue weighted by Crippen LogP contribution is -2.41. The highest BCUT2D eigenvalue weighted by molar-refractivity contribution is 5.62. The van der Waals surface area contributed by atoms with Crippen LogP contribution in [0.25, 0.3) is 17.2 Å². The van der Waals surface area contributed by atoms with Crippen molar-refractivity contribution in [2.24, 2.45) is 0 Å². The predicted octanol–water partition coefficient (Wildman–Crippen LogP) is 3.85. The van der Waals surface area contributed by atoms with Gasteiger partial charge < -0.3 is 5.11 Å². The summed E-state index contributed by atoms with van der Waals surface area (Å²) in [5.41, 5.74) is 2.80. The van der Waals surface area contributed by atoms with Gasteiger partial charge in [0.25, 0.3) is 5.95 Å². The number of rotatable bonds is 4. The van der Waals surface area contributed by atoms with Crippen LogP contribution in [0.3, 0.4) is 0 Å². The Balaban J connectivity index is 1.46. The predicted molar refractivity (Wildman–Crippen MR) is 114 cm³/mol. The quantitative estimate of drug-likeness (QED) is 0.512. The van der Waals surface area contributed by atoms with E-state index in [4.69, 9.17) is 4.98 Å². The van der Waals surface area contributed by atoms with Gasteiger partial charge >= 0.3 is 0 Å². The monoisotopic (exact) mass is 446 g/mol. The molecule has 0 saturated heterocycles. The van der Waals surface area contributed by atoms with E-state index in [-0.39, 0.29) is 23.8 Å². The van der Waals surface area contributed by atoms with E-state index in [9.17, 15) is 13.9 Å². The third-order valence-corrected chi connectivity index (χ3v) is 6.92. The fourth-order valence-corrected chi connectivity index (χ4v) is 5.27. The molecule has 1 saturated carbocycles. The molecule has 9 heteroatoms. The number of fused-ring (bicyclic) bond motifs is 2. The summed E-state index contributed by atoms with van der Waals surface area (Å²) in [5, 5.41) is 22.4. The van der Waals surface area contributed by atoms with Gasteiger partial charge in [-0.3, -0.25) is 0 Å². The zero-order valence-electron chi connectivity index (χ0n) is 17.6. The molecule has 1 fully saturated rings. The minimum absolute atomic E-state index is 0.147. The average molecular weight is 446 g/mol. The van der Waals surface area contributed by atoms with Gasteiger partial charge in [-0.05, 0) is 67.5 Å². The van der Waals surface area contributed by atoms with Crippen molar-refractivity contribution < 1.29 is 13.9 Å². The van der Waals surface area contributed by atoms with Gasteiger partial charge in [-0.25, -0.2) is 23.4 Å². The molecule has 0 radical (unpaired) electrons. The highest BCUT2D eigenvalue weighted by Gasteiger charge is 2.48. The first-order chi connectivity index (χ1) is 16.1. The molecule has 0 aliphatic heterocycles. The van der Waals surface area contributed by atoms with Gasteiger partial charge in [-0.15, -0.1) is 5.10 Å². The summed E-state index contributed by atoms with van der Waals surface area (Å²) in [4.78, 5) is 9.16. The van der Waals surface area contributed by atoms with Crippen LogP contribution in [0.15, 0.2) is 48.8 Å². The lowest BCUT2D eigenvalue weighted by molar-refractivity contribution is 0.263. The van der Waals surface area contributed by atoms with Gasteiger partial charge in [0, 0.05) is 12.4 Å². The topological polar surface area (TPSA) is 89.6 Å². The van der Waals surface area contributed by atoms with Crippen LogP contribution >= 0.6 is 0 Å². The van der Waals surface area contributed by atoms with Crippen LogP contribution in [-0.2, 0) is 12.0 Å². The average Bonchev–Trinajstić information content (AvgIpc) is 3.34. The Labute approximate surface area is 188 Å². The van der Waals surface area contributed by atoms with Crippen molar-refractivity contribution in [1.29, 1.82) is 0 Å². The van der Waals surface area contributed by atoms with Gasteiger partial charge in [-0.1, -0.05) is 6.07 Å². The van der Waals surface area contributed by atoms with Crippen LogP contribution in [-0.4, -0.2) is 35.1 Å². The number of hydrogen-bond acceptors (Lipinski definition) is 6. The van der Waals surface area contributed by atoms with Crippen LogP contribution in [0.1, 0.15) is 54.2 Å². The van der Waals surface area contributed by atoms with Crippen molar-refractivity contribution in [2.75, 3.05) is 0 Å². The van der Waals surface area contributed by atoms with Crippen LogP contribution < -0.4 is 0 Å². The molecule has 33 heavy (non-hydrogen) atoms. The standard InChI is InChI=1S/C24H20F2N6O/c25-17-2-1-3-18(26)21(17)19-12-16-14-4-8-24(9-5-14,22(16)30-29-19)20-6-10-27-23(28-20)32-11-7-15(13-33)31-32/h1-3,6-7,10-12,14,33H,4-5,8-9,13H2/t14-,24+. The number of nitrogens with zero attached hydrogens (tertiary/aromatic N) is 6. The molecule has 2 bridgehead atoms. The number of halogens is 2. The maximum atomic E-state index is 14.4. The van der Waals surface area contributed by atoms with Crippen LogP contribution in [0.5, 0.6) is 0 Å². The summed E-state index contributed by atoms with van der Waals surface area (Å²) in [6, 6.07) is 9.20. The van der Waals surface area contributed by atoms with Crippen LogP contribution in [0.2, 0.25) is 0 Å². The number of aromatic nitrogens is 6. The van der Waals surface area contributed by atoms with Gasteiger partial charge in [0.2, 0.25) is 0 Å². The highest BCUT2D eigenvalue weighted by atomic mass is 19.1. The summed E-state index contributed by atoms with van der Waals surface area (Å²) in [6.45, 7) is -0.161. The van der Waals surface area contributed by atoms with Gasteiger partial charge in [0.05, 0.1) is 40.4 Å². The van der Waals surface area contributed by atoms with Gasteiger partial charge in [0.1, 0.15) is 11.6 Å². The smallest absolute Gasteiger partial charge is 0.250 e. The molecule has 1 aromatic carbocycles. The third kappa shape index (κ3) is 3.06. The SMILES string of the molecule is OCc1ccn(-c2nccc([C@]34CC[C@H](CC3)c3cc(-c5c(F)cccc5F)nnc34)n2)n1. The van der Waals surface area contributed by atoms with Gasteiger partial charge in [-0.2, -0.15) is 10.2 Å². The Morgan fingerprint density at radius 1 is 1.06 bits per heavy atom. The molecule has 1 N–H and O–H groups in total. The van der Waals surface area contributed by atoms with E-state index in [1.54, 1.807) is 24.5 Å². The molecule has 7 rings (SSSR count). The molecule has 166 valence electrons. The zero-order valence-corrected chi connectivity index (χ0v) is 17.6. The van der Waals surface area contributed by atoms with Crippen molar-refractivity contribution in [3.8, 4) is 17.2 Å². The second kappa shape index (κ2) is 7.48. The minimum atomic E-state index is -0.651. The molecule has 7 nitrogen and oxygen atoms in total. The van der Waals surface area contributed by atoms with Crippen molar-refractivity contribution in [1.82, 2.24) is 29.9 Å². The van der Waals surface area contributed by atoms with E-state index >= 15 is 0 Å². The van der Waals surface area contributed by atoms with Crippen molar-refractivity contribution in [2.45, 2.75) is 43.6 Å². The maximum Gasteiger partial charge on any atom is 0.250 e. The highest BCUT2D eigenvalue weighted by Crippen LogP contribution is 2.55. The number of aliphatic hydroxyl groups excluding tert-OH is 1. The molecular formula is C24H20F2N6O. The molecule has 3 aromatic heterocycles. The van der Waals surface area contributed by atoms with E-state index in [0.29, 0.717) is 11.6 Å². The Morgan fingerprint density at radius 3 is 2.58 bits per heavy atom. The first-order valence-electron chi connectivity index (χ1n) is 10.9. The summed E-state index contributed by atoms with van der Waals surface area (Å²) >= 11 is 0. The number of benzene rings is 1. The summed E-state index contributed by atoms with van der Waals surface area (Å²) in [6.07, 6.45) is 7.02. The minimum Gasteiger partial charge on any atom is -0.390 e. The van der Waals surface area contributed by atoms with Crippen LogP contribution in [0, 0.1) is 11.6 Å². The molecule has 0 amide bonds. The van der Waals surface area contributed by atoms with E-state index in [1.807, 2.05) is 6.07 Å². The fraction of sp³-hybridized carbons (Fsp3) is 0.292. The molecule has 3 aliphatic carbocycles. The van der Waals surface area contributed by atoms with E-state index < -0.39 is 17.0 Å². The number of hydrogen-bond donors (Lipinski definition) is 1. The Kier molecular flexibility index (Phi) is 4.55. The number of aliphatic hydroxyl groups is 1. The second-order valence-corrected chi connectivity index (χ2v) is 8.64. The Bertz CT molecular complexity index is 1340. The lowest BCUT2D eigenvalue weighted by atomic mass is 9.58. The summed E-state index contributed by atoms with van der Waals surface area (Å²) < 4.78 is 30.3. The normalized spacial score (nSPS) is 21.2. The fourth-order valence-electron chi connectivity index (χ4n) is 5.27. The molecular weight excluding hydrogens is 426 g/mol. The summed E-state index contributed by atoms with van der Waals surface area (Å²) in [5.74, 6) is -0.608. The van der Waals surface area contributed by atoms with Crippen molar-refractivity contribution in [3.05, 3.63) is 83.1 Å².